The van der Waals surface area contributed by atoms with Gasteiger partial charge in [-0.25, -0.2) is 4.79 Å². The number of carbonyl (C=O) groups is 1. The number of aliphatic carboxylic acids is 1. The van der Waals surface area contributed by atoms with E-state index in [-0.39, 0.29) is 6.10 Å². The van der Waals surface area contributed by atoms with E-state index in [4.69, 9.17) is 26.6 Å². The molecule has 27 heavy (non-hydrogen) atoms. The Morgan fingerprint density at radius 1 is 1.19 bits per heavy atom. The molecule has 2 aromatic rings. The van der Waals surface area contributed by atoms with Gasteiger partial charge in [-0.15, -0.1) is 0 Å². The molecule has 0 spiro atoms. The van der Waals surface area contributed by atoms with E-state index >= 15 is 0 Å². The van der Waals surface area contributed by atoms with Gasteiger partial charge in [-0.05, 0) is 51.1 Å². The number of hydrogen-bond donors (Lipinski definition) is 3. The van der Waals surface area contributed by atoms with Crippen molar-refractivity contribution in [3.8, 4) is 5.75 Å². The fourth-order valence-corrected chi connectivity index (χ4v) is 2.34. The second-order valence-corrected chi connectivity index (χ2v) is 6.78. The zero-order valence-electron chi connectivity index (χ0n) is 16.1. The number of carboxylic acids is 1. The van der Waals surface area contributed by atoms with Crippen molar-refractivity contribution in [1.29, 1.82) is 0 Å². The van der Waals surface area contributed by atoms with E-state index in [1.807, 2.05) is 50.4 Å². The van der Waals surface area contributed by atoms with Crippen molar-refractivity contribution < 1.29 is 19.7 Å². The highest BCUT2D eigenvalue weighted by Gasteiger charge is 2.16. The molecule has 0 aliphatic heterocycles. The van der Waals surface area contributed by atoms with Crippen LogP contribution in [-0.2, 0) is 4.79 Å². The van der Waals surface area contributed by atoms with Crippen molar-refractivity contribution in [1.82, 2.24) is 5.32 Å². The minimum Gasteiger partial charge on any atom is -0.486 e. The maximum absolute atomic E-state index is 9.45. The lowest BCUT2D eigenvalue weighted by Gasteiger charge is -2.23. The molecule has 0 amide bonds. The van der Waals surface area contributed by atoms with Gasteiger partial charge in [0.05, 0.1) is 0 Å². The average molecular weight is 394 g/mol. The Balaban J connectivity index is 0.000000527. The first-order valence-corrected chi connectivity index (χ1v) is 9.18. The lowest BCUT2D eigenvalue weighted by molar-refractivity contribution is -0.145. The first kappa shape index (κ1) is 23.0. The van der Waals surface area contributed by atoms with Crippen molar-refractivity contribution in [2.75, 3.05) is 7.05 Å². The molecule has 0 fully saturated rings. The normalized spacial score (nSPS) is 13.7. The zero-order valence-corrected chi connectivity index (χ0v) is 16.9. The number of carboxylic acid groups (broad SMARTS) is 1. The molecule has 0 heterocycles. The van der Waals surface area contributed by atoms with Crippen LogP contribution in [0.1, 0.15) is 37.5 Å². The molecule has 5 nitrogen and oxygen atoms in total. The summed E-state index contributed by atoms with van der Waals surface area (Å²) < 4.78 is 6.18. The molecule has 3 N–H and O–H groups in total. The van der Waals surface area contributed by atoms with E-state index in [0.29, 0.717) is 6.04 Å². The van der Waals surface area contributed by atoms with Crippen LogP contribution in [0.2, 0.25) is 5.02 Å². The molecule has 0 radical (unpaired) electrons. The van der Waals surface area contributed by atoms with Crippen molar-refractivity contribution in [3.05, 3.63) is 64.7 Å². The number of rotatable bonds is 7. The summed E-state index contributed by atoms with van der Waals surface area (Å²) in [5, 5.41) is 19.8. The van der Waals surface area contributed by atoms with Crippen LogP contribution in [-0.4, -0.2) is 35.4 Å². The summed E-state index contributed by atoms with van der Waals surface area (Å²) in [6.45, 7) is 5.34. The zero-order chi connectivity index (χ0) is 20.4. The summed E-state index contributed by atoms with van der Waals surface area (Å²) in [6.07, 6.45) is -0.330. The monoisotopic (exact) mass is 393 g/mol. The van der Waals surface area contributed by atoms with Crippen LogP contribution >= 0.6 is 11.6 Å². The van der Waals surface area contributed by atoms with E-state index in [2.05, 4.69) is 24.4 Å². The molecule has 2 aromatic carbocycles. The Morgan fingerprint density at radius 2 is 1.78 bits per heavy atom. The average Bonchev–Trinajstić information content (AvgIpc) is 2.65. The summed E-state index contributed by atoms with van der Waals surface area (Å²) >= 11 is 6.18. The van der Waals surface area contributed by atoms with Gasteiger partial charge in [0, 0.05) is 17.5 Å². The summed E-state index contributed by atoms with van der Waals surface area (Å²) in [4.78, 5) is 9.45. The molecule has 3 unspecified atom stereocenters. The number of nitrogens with one attached hydrogen (secondary N) is 1. The molecule has 0 saturated carbocycles. The van der Waals surface area contributed by atoms with Gasteiger partial charge in [0.15, 0.2) is 0 Å². The Morgan fingerprint density at radius 3 is 2.26 bits per heavy atom. The Bertz CT molecular complexity index is 707. The quantitative estimate of drug-likeness (QED) is 0.656. The number of benzene rings is 2. The molecule has 0 saturated heterocycles. The highest BCUT2D eigenvalue weighted by molar-refractivity contribution is 6.31. The number of aliphatic hydroxyl groups excluding tert-OH is 1. The van der Waals surface area contributed by atoms with Crippen LogP contribution in [0, 0.1) is 6.92 Å². The lowest BCUT2D eigenvalue weighted by Crippen LogP contribution is -2.25. The van der Waals surface area contributed by atoms with Gasteiger partial charge in [0.1, 0.15) is 18.0 Å². The molecule has 0 aliphatic carbocycles. The molecule has 148 valence electrons. The van der Waals surface area contributed by atoms with Crippen molar-refractivity contribution in [3.63, 3.8) is 0 Å². The van der Waals surface area contributed by atoms with Gasteiger partial charge in [-0.2, -0.15) is 0 Å². The highest BCUT2D eigenvalue weighted by atomic mass is 35.5. The van der Waals surface area contributed by atoms with Gasteiger partial charge in [-0.3, -0.25) is 0 Å². The maximum Gasteiger partial charge on any atom is 0.332 e. The minimum absolute atomic E-state index is 0.00687. The summed E-state index contributed by atoms with van der Waals surface area (Å²) in [5.74, 6) is -0.377. The van der Waals surface area contributed by atoms with Gasteiger partial charge >= 0.3 is 5.97 Å². The fourth-order valence-electron chi connectivity index (χ4n) is 2.17. The number of ether oxygens (including phenoxy) is 1. The Labute approximate surface area is 165 Å². The van der Waals surface area contributed by atoms with E-state index in [1.165, 1.54) is 12.5 Å². The molecule has 0 aliphatic rings. The molecular weight excluding hydrogens is 366 g/mol. The lowest BCUT2D eigenvalue weighted by atomic mass is 10.0. The molecule has 3 atom stereocenters. The number of aliphatic hydroxyl groups is 1. The van der Waals surface area contributed by atoms with E-state index < -0.39 is 12.1 Å². The second-order valence-electron chi connectivity index (χ2n) is 6.37. The number of aryl methyl sites for hydroxylation is 1. The van der Waals surface area contributed by atoms with Crippen LogP contribution in [0.25, 0.3) is 0 Å². The standard InChI is InChI=1S/C18H22ClNO.C3H6O3/c1-13-9-10-16(12-17(13)19)21-18(11-14(2)20-3)15-7-5-4-6-8-15;1-2(4)3(5)6/h4-10,12,14,18,20H,11H2,1-3H3;2,4H,1H3,(H,5,6). The maximum atomic E-state index is 9.45. The third-order valence-electron chi connectivity index (χ3n) is 4.01. The van der Waals surface area contributed by atoms with E-state index in [9.17, 15) is 4.79 Å². The molecule has 6 heteroatoms. The summed E-state index contributed by atoms with van der Waals surface area (Å²) in [5.41, 5.74) is 2.24. The predicted molar refractivity (Wildman–Crippen MR) is 108 cm³/mol. The highest BCUT2D eigenvalue weighted by Crippen LogP contribution is 2.29. The predicted octanol–water partition coefficient (Wildman–Crippen LogP) is 4.22. The first-order valence-electron chi connectivity index (χ1n) is 8.80. The number of hydrogen-bond acceptors (Lipinski definition) is 4. The van der Waals surface area contributed by atoms with E-state index in [1.54, 1.807) is 0 Å². The fraction of sp³-hybridized carbons (Fsp3) is 0.381. The van der Waals surface area contributed by atoms with Crippen LogP contribution in [0.4, 0.5) is 0 Å². The largest absolute Gasteiger partial charge is 0.486 e. The first-order chi connectivity index (χ1) is 12.7. The Hall–Kier alpha value is -2.08. The summed E-state index contributed by atoms with van der Waals surface area (Å²) in [7, 11) is 1.97. The number of halogens is 1. The van der Waals surface area contributed by atoms with Crippen LogP contribution in [0.3, 0.4) is 0 Å². The van der Waals surface area contributed by atoms with Gasteiger partial charge in [0.25, 0.3) is 0 Å². The van der Waals surface area contributed by atoms with Gasteiger partial charge in [0.2, 0.25) is 0 Å². The molecule has 0 aromatic heterocycles. The topological polar surface area (TPSA) is 78.8 Å². The van der Waals surface area contributed by atoms with Crippen LogP contribution < -0.4 is 10.1 Å². The molecule has 2 rings (SSSR count). The molecular formula is C21H28ClNO4. The molecule has 0 bridgehead atoms. The second kappa shape index (κ2) is 11.6. The van der Waals surface area contributed by atoms with Crippen LogP contribution in [0.15, 0.2) is 48.5 Å². The SMILES string of the molecule is CC(O)C(=O)O.CNC(C)CC(Oc1ccc(C)c(Cl)c1)c1ccccc1. The van der Waals surface area contributed by atoms with Crippen molar-refractivity contribution >= 4 is 17.6 Å². The van der Waals surface area contributed by atoms with Crippen molar-refractivity contribution in [2.24, 2.45) is 0 Å². The third-order valence-corrected chi connectivity index (χ3v) is 4.42. The van der Waals surface area contributed by atoms with Gasteiger partial charge in [-0.1, -0.05) is 48.0 Å². The smallest absolute Gasteiger partial charge is 0.332 e. The minimum atomic E-state index is -1.23. The van der Waals surface area contributed by atoms with Crippen LogP contribution in [0.5, 0.6) is 5.75 Å². The van der Waals surface area contributed by atoms with E-state index in [0.717, 1.165) is 22.8 Å². The van der Waals surface area contributed by atoms with Crippen molar-refractivity contribution in [2.45, 2.75) is 45.4 Å². The van der Waals surface area contributed by atoms with Gasteiger partial charge < -0.3 is 20.3 Å². The summed E-state index contributed by atoms with van der Waals surface area (Å²) in [6, 6.07) is 16.5. The Kier molecular flexibility index (Phi) is 9.86. The third kappa shape index (κ3) is 8.43.